The molecule has 1 aromatic carbocycles. The van der Waals surface area contributed by atoms with Gasteiger partial charge in [-0.05, 0) is 42.3 Å². The lowest BCUT2D eigenvalue weighted by molar-refractivity contribution is -0.123. The molecule has 0 bridgehead atoms. The van der Waals surface area contributed by atoms with Gasteiger partial charge in [0.1, 0.15) is 12.0 Å². The summed E-state index contributed by atoms with van der Waals surface area (Å²) in [5, 5.41) is 26.6. The average molecular weight is 533 g/mol. The van der Waals surface area contributed by atoms with Crippen LogP contribution in [0.15, 0.2) is 66.1 Å². The fourth-order valence-corrected chi connectivity index (χ4v) is 4.59. The van der Waals surface area contributed by atoms with E-state index in [0.717, 1.165) is 0 Å². The minimum Gasteiger partial charge on any atom is -0.355 e. The zero-order valence-corrected chi connectivity index (χ0v) is 20.2. The molecule has 0 aromatic heterocycles. The Morgan fingerprint density at radius 3 is 2.43 bits per heavy atom. The number of nitrogens with zero attached hydrogens (tertiary/aromatic N) is 8. The molecule has 4 rings (SSSR count). The molecule has 9 N–H and O–H groups in total. The molecule has 37 heavy (non-hydrogen) atoms. The molecule has 0 aliphatic carbocycles. The highest BCUT2D eigenvalue weighted by molar-refractivity contribution is 6.30. The Hall–Kier alpha value is -4.06. The summed E-state index contributed by atoms with van der Waals surface area (Å²) < 4.78 is 0. The smallest absolute Gasteiger partial charge is 0.253 e. The molecule has 2 atom stereocenters. The summed E-state index contributed by atoms with van der Waals surface area (Å²) in [6.45, 7) is 1.39. The van der Waals surface area contributed by atoms with E-state index in [1.807, 2.05) is 0 Å². The van der Waals surface area contributed by atoms with Crippen LogP contribution in [0.5, 0.6) is 0 Å². The number of nitrogens with one attached hydrogen (secondary N) is 3. The minimum absolute atomic E-state index is 0.0696. The van der Waals surface area contributed by atoms with E-state index in [1.165, 1.54) is 17.1 Å². The van der Waals surface area contributed by atoms with E-state index in [0.29, 0.717) is 38.0 Å². The Bertz CT molecular complexity index is 1170. The first-order chi connectivity index (χ1) is 17.8. The molecule has 2 saturated heterocycles. The summed E-state index contributed by atoms with van der Waals surface area (Å²) >= 11 is 6.09. The van der Waals surface area contributed by atoms with Gasteiger partial charge >= 0.3 is 0 Å². The van der Waals surface area contributed by atoms with Gasteiger partial charge < -0.3 is 27.2 Å². The second kappa shape index (κ2) is 10.9. The molecule has 1 spiro atoms. The SMILES string of the molecule is NN=NC1=NC(N=NN)=C(Cl)NC1C(=O)NC1NC2(CCN(C(=O)c3ccc(N=O)cc3)CC2)CN1N. The number of rotatable bonds is 5. The predicted molar refractivity (Wildman–Crippen MR) is 131 cm³/mol. The van der Waals surface area contributed by atoms with Crippen molar-refractivity contribution in [2.24, 2.45) is 48.4 Å². The summed E-state index contributed by atoms with van der Waals surface area (Å²) in [6, 6.07) is 5.02. The van der Waals surface area contributed by atoms with E-state index in [2.05, 4.69) is 46.8 Å². The number of hydrogen-bond donors (Lipinski definition) is 6. The number of benzene rings is 1. The van der Waals surface area contributed by atoms with Crippen molar-refractivity contribution in [2.45, 2.75) is 30.7 Å². The van der Waals surface area contributed by atoms with Crippen LogP contribution < -0.4 is 33.5 Å². The monoisotopic (exact) mass is 532 g/mol. The van der Waals surface area contributed by atoms with Crippen LogP contribution in [0.2, 0.25) is 0 Å². The van der Waals surface area contributed by atoms with Gasteiger partial charge in [0.15, 0.2) is 17.0 Å². The summed E-state index contributed by atoms with van der Waals surface area (Å²) in [5.41, 5.74) is 0.312. The molecule has 1 aromatic rings. The predicted octanol–water partition coefficient (Wildman–Crippen LogP) is -0.374. The van der Waals surface area contributed by atoms with E-state index in [-0.39, 0.29) is 28.4 Å². The first kappa shape index (κ1) is 26.0. The van der Waals surface area contributed by atoms with Gasteiger partial charge in [-0.2, -0.15) is 0 Å². The van der Waals surface area contributed by atoms with Gasteiger partial charge in [0.2, 0.25) is 5.82 Å². The second-order valence-corrected chi connectivity index (χ2v) is 8.93. The van der Waals surface area contributed by atoms with Crippen LogP contribution in [0.25, 0.3) is 0 Å². The molecule has 0 radical (unpaired) electrons. The van der Waals surface area contributed by atoms with Crippen LogP contribution in [0.4, 0.5) is 5.69 Å². The molecule has 2 unspecified atom stereocenters. The normalized spacial score (nSPS) is 23.9. The number of aliphatic imine (C=N–C) groups is 1. The van der Waals surface area contributed by atoms with Crippen LogP contribution in [0.1, 0.15) is 23.2 Å². The molecule has 0 saturated carbocycles. The van der Waals surface area contributed by atoms with Gasteiger partial charge in [0, 0.05) is 30.7 Å². The Morgan fingerprint density at radius 2 is 1.81 bits per heavy atom. The number of piperidine rings is 1. The number of amidine groups is 1. The third-order valence-electron chi connectivity index (χ3n) is 6.29. The van der Waals surface area contributed by atoms with E-state index in [4.69, 9.17) is 29.1 Å². The lowest BCUT2D eigenvalue weighted by atomic mass is 9.88. The highest BCUT2D eigenvalue weighted by Crippen LogP contribution is 2.29. The van der Waals surface area contributed by atoms with Crippen LogP contribution in [-0.4, -0.2) is 65.1 Å². The molecule has 2 fully saturated rings. The summed E-state index contributed by atoms with van der Waals surface area (Å²) in [5.74, 6) is 15.5. The quantitative estimate of drug-likeness (QED) is 0.0949. The van der Waals surface area contributed by atoms with E-state index < -0.39 is 23.8 Å². The Kier molecular flexibility index (Phi) is 7.67. The van der Waals surface area contributed by atoms with E-state index >= 15 is 0 Å². The van der Waals surface area contributed by atoms with Crippen molar-refractivity contribution in [3.8, 4) is 0 Å². The zero-order valence-electron chi connectivity index (χ0n) is 19.4. The number of carbonyl (C=O) groups is 2. The maximum atomic E-state index is 13.1. The van der Waals surface area contributed by atoms with E-state index in [9.17, 15) is 14.5 Å². The van der Waals surface area contributed by atoms with Crippen molar-refractivity contribution in [3.63, 3.8) is 0 Å². The number of hydrogen-bond acceptors (Lipinski definition) is 13. The first-order valence-corrected chi connectivity index (χ1v) is 11.5. The molecule has 3 heterocycles. The highest BCUT2D eigenvalue weighted by Gasteiger charge is 2.46. The lowest BCUT2D eigenvalue weighted by Gasteiger charge is -2.39. The van der Waals surface area contributed by atoms with Crippen LogP contribution in [0.3, 0.4) is 0 Å². The van der Waals surface area contributed by atoms with Crippen molar-refractivity contribution in [2.75, 3.05) is 19.6 Å². The maximum Gasteiger partial charge on any atom is 0.253 e. The highest BCUT2D eigenvalue weighted by atomic mass is 35.5. The zero-order chi connectivity index (χ0) is 26.6. The van der Waals surface area contributed by atoms with Crippen LogP contribution >= 0.6 is 11.6 Å². The van der Waals surface area contributed by atoms with E-state index in [1.54, 1.807) is 17.0 Å². The van der Waals surface area contributed by atoms with Crippen molar-refractivity contribution >= 4 is 34.9 Å². The Balaban J connectivity index is 1.37. The molecule has 3 aliphatic heterocycles. The molecule has 2 amide bonds. The number of amides is 2. The topological polar surface area (TPSA) is 246 Å². The van der Waals surface area contributed by atoms with Gasteiger partial charge in [0.25, 0.3) is 11.8 Å². The number of nitroso groups, excluding NO2 is 1. The number of nitrogens with two attached hydrogens (primary N) is 3. The largest absolute Gasteiger partial charge is 0.355 e. The minimum atomic E-state index is -1.14. The van der Waals surface area contributed by atoms with Gasteiger partial charge in [0.05, 0.1) is 0 Å². The lowest BCUT2D eigenvalue weighted by Crippen LogP contribution is -2.60. The third kappa shape index (κ3) is 5.53. The number of halogens is 1. The van der Waals surface area contributed by atoms with Crippen molar-refractivity contribution in [1.82, 2.24) is 25.9 Å². The maximum absolute atomic E-state index is 13.1. The summed E-state index contributed by atoms with van der Waals surface area (Å²) in [4.78, 5) is 42.3. The fraction of sp³-hybridized carbons (Fsp3) is 0.421. The van der Waals surface area contributed by atoms with Gasteiger partial charge in [-0.25, -0.2) is 10.0 Å². The number of likely N-dealkylation sites (tertiary alicyclic amines) is 1. The molecular formula is C19H25ClN14O3. The van der Waals surface area contributed by atoms with Crippen LogP contribution in [-0.2, 0) is 4.79 Å². The van der Waals surface area contributed by atoms with Gasteiger partial charge in [-0.1, -0.05) is 22.0 Å². The van der Waals surface area contributed by atoms with Gasteiger partial charge in [-0.15, -0.1) is 15.1 Å². The fourth-order valence-electron chi connectivity index (χ4n) is 4.41. The second-order valence-electron chi connectivity index (χ2n) is 8.55. The van der Waals surface area contributed by atoms with Gasteiger partial charge in [-0.3, -0.25) is 20.7 Å². The molecular weight excluding hydrogens is 508 g/mol. The van der Waals surface area contributed by atoms with Crippen molar-refractivity contribution in [3.05, 3.63) is 45.7 Å². The Labute approximate surface area is 215 Å². The summed E-state index contributed by atoms with van der Waals surface area (Å²) in [7, 11) is 0. The molecule has 196 valence electrons. The summed E-state index contributed by atoms with van der Waals surface area (Å²) in [6.07, 6.45) is 0.485. The molecule has 17 nitrogen and oxygen atoms in total. The van der Waals surface area contributed by atoms with Crippen LogP contribution in [0, 0.1) is 4.91 Å². The molecule has 18 heteroatoms. The molecule has 3 aliphatic rings. The first-order valence-electron chi connectivity index (χ1n) is 11.1. The number of carbonyl (C=O) groups excluding carboxylic acids is 2. The average Bonchev–Trinajstić information content (AvgIpc) is 3.19. The van der Waals surface area contributed by atoms with Crippen molar-refractivity contribution < 1.29 is 9.59 Å². The van der Waals surface area contributed by atoms with Crippen molar-refractivity contribution in [1.29, 1.82) is 0 Å². The standard InChI is InChI=1S/C19H25ClN14O3/c20-13-15(29-32-22)25-14(28-31-21)12(24-13)16(35)26-18-27-19(9-34(18)23)5-7-33(8-6-19)17(36)10-1-3-11(30-37)4-2-10/h1-4,12,18,24,27H,5-9,23H2,(H2,22,29)(H,26,35)(H2,21,25,28). The third-order valence-corrected chi connectivity index (χ3v) is 6.57. The number of hydrazine groups is 1. The Morgan fingerprint density at radius 1 is 1.14 bits per heavy atom.